The number of fused-ring (bicyclic) bond motifs is 3. The van der Waals surface area contributed by atoms with E-state index >= 15 is 0 Å². The van der Waals surface area contributed by atoms with Crippen molar-refractivity contribution in [1.82, 2.24) is 9.97 Å². The normalized spacial score (nSPS) is 12.8. The van der Waals surface area contributed by atoms with Gasteiger partial charge in [0.2, 0.25) is 0 Å². The molecule has 2 aromatic heterocycles. The highest BCUT2D eigenvalue weighted by Crippen LogP contribution is 2.42. The SMILES string of the molecule is Cc1cc(C)cc(-c2ncnc3c2sc2cc(CC(C)(C)C(F)(F)F)ccc23)c1. The van der Waals surface area contributed by atoms with Crippen molar-refractivity contribution in [2.75, 3.05) is 0 Å². The molecule has 4 rings (SSSR count). The molecular formula is C23H21F3N2S. The minimum absolute atomic E-state index is 0.0592. The summed E-state index contributed by atoms with van der Waals surface area (Å²) >= 11 is 1.54. The fourth-order valence-electron chi connectivity index (χ4n) is 3.66. The second kappa shape index (κ2) is 6.80. The molecule has 0 spiro atoms. The Morgan fingerprint density at radius 1 is 0.931 bits per heavy atom. The number of hydrogen-bond donors (Lipinski definition) is 0. The van der Waals surface area contributed by atoms with E-state index in [-0.39, 0.29) is 6.42 Å². The minimum atomic E-state index is -4.25. The standard InChI is InChI=1S/C23H21F3N2S/c1-13-7-14(2)9-16(8-13)19-21-20(28-12-27-19)17-6-5-15(10-18(17)29-21)11-22(3,4)23(24,25)26/h5-10,12H,11H2,1-4H3. The quantitative estimate of drug-likeness (QED) is 0.353. The van der Waals surface area contributed by atoms with E-state index < -0.39 is 11.6 Å². The monoisotopic (exact) mass is 414 g/mol. The Bertz CT molecular complexity index is 1200. The van der Waals surface area contributed by atoms with Gasteiger partial charge < -0.3 is 0 Å². The molecule has 6 heteroatoms. The summed E-state index contributed by atoms with van der Waals surface area (Å²) in [6.07, 6.45) is -2.75. The third-order valence-electron chi connectivity index (χ3n) is 5.23. The van der Waals surface area contributed by atoms with Gasteiger partial charge in [-0.05, 0) is 44.0 Å². The molecule has 150 valence electrons. The Morgan fingerprint density at radius 2 is 1.62 bits per heavy atom. The van der Waals surface area contributed by atoms with Crippen LogP contribution in [-0.2, 0) is 6.42 Å². The van der Waals surface area contributed by atoms with E-state index in [1.807, 2.05) is 12.1 Å². The van der Waals surface area contributed by atoms with E-state index in [2.05, 4.69) is 42.0 Å². The van der Waals surface area contributed by atoms with Crippen LogP contribution in [0.1, 0.15) is 30.5 Å². The Balaban J connectivity index is 1.84. The molecule has 29 heavy (non-hydrogen) atoms. The lowest BCUT2D eigenvalue weighted by Gasteiger charge is -2.27. The first-order chi connectivity index (χ1) is 13.5. The van der Waals surface area contributed by atoms with Crippen LogP contribution < -0.4 is 0 Å². The predicted octanol–water partition coefficient (Wildman–Crippen LogP) is 7.26. The fourth-order valence-corrected chi connectivity index (χ4v) is 4.89. The number of hydrogen-bond acceptors (Lipinski definition) is 3. The maximum Gasteiger partial charge on any atom is 0.394 e. The molecule has 0 amide bonds. The van der Waals surface area contributed by atoms with E-state index in [0.717, 1.165) is 42.7 Å². The number of halogens is 3. The lowest BCUT2D eigenvalue weighted by Crippen LogP contribution is -2.34. The van der Waals surface area contributed by atoms with Crippen molar-refractivity contribution in [1.29, 1.82) is 0 Å². The van der Waals surface area contributed by atoms with Crippen LogP contribution in [0.3, 0.4) is 0 Å². The van der Waals surface area contributed by atoms with Gasteiger partial charge in [-0.1, -0.05) is 43.2 Å². The molecule has 0 aliphatic rings. The number of nitrogens with zero attached hydrogens (tertiary/aromatic N) is 2. The Morgan fingerprint density at radius 3 is 2.28 bits per heavy atom. The van der Waals surface area contributed by atoms with Crippen molar-refractivity contribution in [3.63, 3.8) is 0 Å². The van der Waals surface area contributed by atoms with Crippen molar-refractivity contribution in [2.24, 2.45) is 5.41 Å². The highest BCUT2D eigenvalue weighted by atomic mass is 32.1. The van der Waals surface area contributed by atoms with Crippen molar-refractivity contribution < 1.29 is 13.2 Å². The summed E-state index contributed by atoms with van der Waals surface area (Å²) in [5.41, 5.74) is 3.94. The predicted molar refractivity (Wildman–Crippen MR) is 113 cm³/mol. The minimum Gasteiger partial charge on any atom is -0.235 e. The van der Waals surface area contributed by atoms with Crippen LogP contribution in [0.15, 0.2) is 42.7 Å². The number of thiophene rings is 1. The first-order valence-electron chi connectivity index (χ1n) is 9.37. The maximum atomic E-state index is 13.3. The number of rotatable bonds is 3. The lowest BCUT2D eigenvalue weighted by atomic mass is 9.85. The molecular weight excluding hydrogens is 393 g/mol. The molecule has 0 aliphatic heterocycles. The molecule has 2 aromatic carbocycles. The summed E-state index contributed by atoms with van der Waals surface area (Å²) in [7, 11) is 0. The zero-order chi connectivity index (χ0) is 21.0. The van der Waals surface area contributed by atoms with E-state index in [1.54, 1.807) is 12.4 Å². The highest BCUT2D eigenvalue weighted by molar-refractivity contribution is 7.26. The van der Waals surface area contributed by atoms with Gasteiger partial charge in [0.1, 0.15) is 6.33 Å². The summed E-state index contributed by atoms with van der Waals surface area (Å²) in [5, 5.41) is 0.951. The molecule has 0 bridgehead atoms. The second-order valence-electron chi connectivity index (χ2n) is 8.27. The van der Waals surface area contributed by atoms with Crippen LogP contribution in [0.4, 0.5) is 13.2 Å². The number of aromatic nitrogens is 2. The van der Waals surface area contributed by atoms with E-state index in [4.69, 9.17) is 0 Å². The summed E-state index contributed by atoms with van der Waals surface area (Å²) in [6, 6.07) is 11.8. The molecule has 0 radical (unpaired) electrons. The maximum absolute atomic E-state index is 13.3. The Kier molecular flexibility index (Phi) is 4.65. The molecule has 2 heterocycles. The first kappa shape index (κ1) is 19.8. The average Bonchev–Trinajstić information content (AvgIpc) is 2.97. The second-order valence-corrected chi connectivity index (χ2v) is 9.32. The summed E-state index contributed by atoms with van der Waals surface area (Å²) in [4.78, 5) is 8.98. The molecule has 0 aliphatic carbocycles. The first-order valence-corrected chi connectivity index (χ1v) is 10.2. The molecule has 0 unspecified atom stereocenters. The van der Waals surface area contributed by atoms with E-state index in [9.17, 15) is 13.2 Å². The van der Waals surface area contributed by atoms with Crippen LogP contribution in [0.2, 0.25) is 0 Å². The van der Waals surface area contributed by atoms with Crippen molar-refractivity contribution in [3.8, 4) is 11.3 Å². The molecule has 0 fully saturated rings. The lowest BCUT2D eigenvalue weighted by molar-refractivity contribution is -0.211. The number of benzene rings is 2. The molecule has 2 nitrogen and oxygen atoms in total. The van der Waals surface area contributed by atoms with Crippen LogP contribution in [0.25, 0.3) is 31.6 Å². The Hall–Kier alpha value is -2.47. The van der Waals surface area contributed by atoms with E-state index in [0.29, 0.717) is 5.56 Å². The van der Waals surface area contributed by atoms with Gasteiger partial charge >= 0.3 is 6.18 Å². The molecule has 0 N–H and O–H groups in total. The van der Waals surface area contributed by atoms with Crippen LogP contribution >= 0.6 is 11.3 Å². The Labute approximate surface area is 171 Å². The summed E-state index contributed by atoms with van der Waals surface area (Å²) in [5.74, 6) is 0. The third-order valence-corrected chi connectivity index (χ3v) is 6.37. The zero-order valence-corrected chi connectivity index (χ0v) is 17.5. The molecule has 0 atom stereocenters. The average molecular weight is 414 g/mol. The smallest absolute Gasteiger partial charge is 0.235 e. The van der Waals surface area contributed by atoms with Gasteiger partial charge in [0.05, 0.1) is 21.3 Å². The van der Waals surface area contributed by atoms with Gasteiger partial charge in [0, 0.05) is 15.6 Å². The van der Waals surface area contributed by atoms with Gasteiger partial charge in [-0.2, -0.15) is 13.2 Å². The third kappa shape index (κ3) is 3.62. The van der Waals surface area contributed by atoms with Gasteiger partial charge in [-0.25, -0.2) is 9.97 Å². The van der Waals surface area contributed by atoms with Gasteiger partial charge in [-0.3, -0.25) is 0 Å². The molecule has 0 saturated carbocycles. The number of aryl methyl sites for hydroxylation is 2. The van der Waals surface area contributed by atoms with Crippen LogP contribution in [-0.4, -0.2) is 16.1 Å². The van der Waals surface area contributed by atoms with Crippen molar-refractivity contribution >= 4 is 31.6 Å². The van der Waals surface area contributed by atoms with E-state index in [1.165, 1.54) is 25.2 Å². The summed E-state index contributed by atoms with van der Waals surface area (Å²) < 4.78 is 41.8. The highest BCUT2D eigenvalue weighted by Gasteiger charge is 2.46. The largest absolute Gasteiger partial charge is 0.394 e. The van der Waals surface area contributed by atoms with Gasteiger partial charge in [0.15, 0.2) is 0 Å². The fraction of sp³-hybridized carbons (Fsp3) is 0.304. The summed E-state index contributed by atoms with van der Waals surface area (Å²) in [6.45, 7) is 6.58. The molecule has 4 aromatic rings. The van der Waals surface area contributed by atoms with Crippen molar-refractivity contribution in [3.05, 3.63) is 59.4 Å². The number of alkyl halides is 3. The zero-order valence-electron chi connectivity index (χ0n) is 16.7. The topological polar surface area (TPSA) is 25.8 Å². The van der Waals surface area contributed by atoms with Crippen LogP contribution in [0, 0.1) is 19.3 Å². The van der Waals surface area contributed by atoms with Crippen LogP contribution in [0.5, 0.6) is 0 Å². The van der Waals surface area contributed by atoms with Gasteiger partial charge in [0.25, 0.3) is 0 Å². The van der Waals surface area contributed by atoms with Gasteiger partial charge in [-0.15, -0.1) is 11.3 Å². The van der Waals surface area contributed by atoms with Crippen molar-refractivity contribution in [2.45, 2.75) is 40.3 Å². The molecule has 0 saturated heterocycles.